The Balaban J connectivity index is 2.13. The monoisotopic (exact) mass is 371 g/mol. The highest BCUT2D eigenvalue weighted by atomic mass is 32.2. The van der Waals surface area contributed by atoms with E-state index in [1.165, 1.54) is 24.2 Å². The zero-order valence-corrected chi connectivity index (χ0v) is 14.9. The lowest BCUT2D eigenvalue weighted by molar-refractivity contribution is -0.149. The normalized spacial score (nSPS) is 16.0. The molecule has 0 aromatic heterocycles. The van der Waals surface area contributed by atoms with E-state index in [4.69, 9.17) is 4.74 Å². The quantitative estimate of drug-likeness (QED) is 0.797. The molecule has 1 fully saturated rings. The van der Waals surface area contributed by atoms with Gasteiger partial charge in [-0.25, -0.2) is 18.2 Å². The first-order valence-corrected chi connectivity index (χ1v) is 9.09. The van der Waals surface area contributed by atoms with E-state index in [-0.39, 0.29) is 18.0 Å². The van der Waals surface area contributed by atoms with Crippen LogP contribution < -0.4 is 0 Å². The minimum Gasteiger partial charge on any atom is -0.464 e. The molecule has 1 heterocycles. The van der Waals surface area contributed by atoms with Crippen LogP contribution in [0.1, 0.15) is 5.56 Å². The summed E-state index contributed by atoms with van der Waals surface area (Å²) in [5.74, 6) is -0.840. The zero-order chi connectivity index (χ0) is 18.6. The van der Waals surface area contributed by atoms with Crippen LogP contribution in [0.25, 0.3) is 0 Å². The van der Waals surface area contributed by atoms with E-state index >= 15 is 0 Å². The second-order valence-electron chi connectivity index (χ2n) is 5.63. The Morgan fingerprint density at radius 2 is 1.76 bits per heavy atom. The summed E-state index contributed by atoms with van der Waals surface area (Å²) in [7, 11) is -2.65. The van der Waals surface area contributed by atoms with E-state index in [2.05, 4.69) is 0 Å². The third kappa shape index (κ3) is 4.54. The van der Waals surface area contributed by atoms with Gasteiger partial charge in [0.2, 0.25) is 10.0 Å². The van der Waals surface area contributed by atoms with Crippen molar-refractivity contribution in [3.05, 3.63) is 29.8 Å². The highest BCUT2D eigenvalue weighted by Gasteiger charge is 2.32. The van der Waals surface area contributed by atoms with Crippen LogP contribution in [-0.2, 0) is 19.6 Å². The summed E-state index contributed by atoms with van der Waals surface area (Å²) in [6.45, 7) is 2.33. The van der Waals surface area contributed by atoms with Crippen LogP contribution in [0.4, 0.5) is 4.79 Å². The first kappa shape index (κ1) is 19.3. The smallest absolute Gasteiger partial charge is 0.429 e. The predicted octanol–water partition coefficient (Wildman–Crippen LogP) is 0.369. The van der Waals surface area contributed by atoms with Crippen molar-refractivity contribution in [3.63, 3.8) is 0 Å². The zero-order valence-electron chi connectivity index (χ0n) is 14.1. The molecule has 1 aromatic carbocycles. The van der Waals surface area contributed by atoms with Crippen molar-refractivity contribution < 1.29 is 27.9 Å². The number of sulfonamides is 1. The molecule has 0 spiro atoms. The van der Waals surface area contributed by atoms with Crippen molar-refractivity contribution in [2.75, 3.05) is 39.9 Å². The number of likely N-dealkylation sites (N-methyl/N-ethyl adjacent to an activating group) is 1. The van der Waals surface area contributed by atoms with Crippen molar-refractivity contribution >= 4 is 22.0 Å². The van der Waals surface area contributed by atoms with Crippen LogP contribution in [0.3, 0.4) is 0 Å². The molecule has 0 bridgehead atoms. The van der Waals surface area contributed by atoms with E-state index in [1.54, 1.807) is 12.1 Å². The Morgan fingerprint density at radius 1 is 1.20 bits per heavy atom. The lowest BCUT2D eigenvalue weighted by atomic mass is 10.2. The van der Waals surface area contributed by atoms with E-state index < -0.39 is 28.6 Å². The summed E-state index contributed by atoms with van der Waals surface area (Å²) in [6.07, 6.45) is -1.45. The van der Waals surface area contributed by atoms with Gasteiger partial charge in [-0.15, -0.1) is 0 Å². The number of hydrogen-bond donors (Lipinski definition) is 1. The minimum atomic E-state index is -3.89. The topological polar surface area (TPSA) is 107 Å². The van der Waals surface area contributed by atoms with Crippen molar-refractivity contribution in [1.29, 1.82) is 0 Å². The van der Waals surface area contributed by atoms with Crippen molar-refractivity contribution in [3.8, 4) is 0 Å². The number of aryl methyl sites for hydroxylation is 1. The van der Waals surface area contributed by atoms with E-state index in [9.17, 15) is 23.1 Å². The maximum absolute atomic E-state index is 12.5. The highest BCUT2D eigenvalue weighted by Crippen LogP contribution is 2.15. The molecule has 9 nitrogen and oxygen atoms in total. The third-order valence-electron chi connectivity index (χ3n) is 3.77. The van der Waals surface area contributed by atoms with Crippen LogP contribution in [0.2, 0.25) is 0 Å². The van der Waals surface area contributed by atoms with Crippen LogP contribution in [-0.4, -0.2) is 79.7 Å². The lowest BCUT2D eigenvalue weighted by Gasteiger charge is -2.34. The van der Waals surface area contributed by atoms with Gasteiger partial charge in [-0.1, -0.05) is 17.7 Å². The summed E-state index contributed by atoms with van der Waals surface area (Å²) < 4.78 is 31.0. The van der Waals surface area contributed by atoms with E-state index in [0.29, 0.717) is 18.2 Å². The second-order valence-corrected chi connectivity index (χ2v) is 7.67. The van der Waals surface area contributed by atoms with E-state index in [0.717, 1.165) is 9.87 Å². The Bertz CT molecular complexity index is 728. The molecule has 25 heavy (non-hydrogen) atoms. The lowest BCUT2D eigenvalue weighted by Crippen LogP contribution is -2.56. The first-order chi connectivity index (χ1) is 11.7. The maximum atomic E-state index is 12.5. The molecule has 10 heteroatoms. The van der Waals surface area contributed by atoms with Crippen LogP contribution in [0.15, 0.2) is 29.2 Å². The van der Waals surface area contributed by atoms with Gasteiger partial charge in [0.15, 0.2) is 0 Å². The molecule has 0 atom stereocenters. The molecule has 1 aliphatic rings. The molecular formula is C15H21N3O6S. The van der Waals surface area contributed by atoms with Gasteiger partial charge in [0.1, 0.15) is 0 Å². The highest BCUT2D eigenvalue weighted by molar-refractivity contribution is 7.89. The number of carbonyl (C=O) groups is 2. The molecule has 138 valence electrons. The number of hydrogen-bond acceptors (Lipinski definition) is 6. The fourth-order valence-corrected chi connectivity index (χ4v) is 3.49. The van der Waals surface area contributed by atoms with Gasteiger partial charge in [0.25, 0.3) is 5.91 Å². The minimum absolute atomic E-state index is 0.0432. The first-order valence-electron chi connectivity index (χ1n) is 7.65. The Morgan fingerprint density at radius 3 is 2.28 bits per heavy atom. The average Bonchev–Trinajstić information content (AvgIpc) is 2.56. The number of carboxylic acid groups (broad SMARTS) is 1. The summed E-state index contributed by atoms with van der Waals surface area (Å²) in [6, 6.07) is 6.20. The SMILES string of the molecule is Cc1ccc(S(=O)(=O)N(C)CC(=O)N(C(=O)O)N2CCOCC2)cc1. The van der Waals surface area contributed by atoms with Crippen molar-refractivity contribution in [1.82, 2.24) is 14.3 Å². The number of amides is 2. The molecule has 1 aromatic rings. The molecule has 2 rings (SSSR count). The standard InChI is InChI=1S/C15H21N3O6S/c1-12-3-5-13(6-4-12)25(22,23)16(2)11-14(19)18(15(20)21)17-7-9-24-10-8-17/h3-6H,7-11H2,1-2H3,(H,20,21). The Hall–Kier alpha value is -2.01. The number of hydrazine groups is 1. The molecule has 1 saturated heterocycles. The van der Waals surface area contributed by atoms with E-state index in [1.807, 2.05) is 6.92 Å². The van der Waals surface area contributed by atoms with Gasteiger partial charge < -0.3 is 9.84 Å². The maximum Gasteiger partial charge on any atom is 0.429 e. The predicted molar refractivity (Wildman–Crippen MR) is 88.3 cm³/mol. The molecule has 0 aliphatic carbocycles. The molecular weight excluding hydrogens is 350 g/mol. The molecule has 1 N–H and O–H groups in total. The average molecular weight is 371 g/mol. The molecule has 0 saturated carbocycles. The summed E-state index contributed by atoms with van der Waals surface area (Å²) in [5, 5.41) is 11.2. The van der Waals surface area contributed by atoms with Gasteiger partial charge in [-0.2, -0.15) is 9.31 Å². The van der Waals surface area contributed by atoms with Gasteiger partial charge in [-0.3, -0.25) is 4.79 Å². The van der Waals surface area contributed by atoms with Gasteiger partial charge in [0, 0.05) is 20.1 Å². The third-order valence-corrected chi connectivity index (χ3v) is 5.59. The summed E-state index contributed by atoms with van der Waals surface area (Å²) in [4.78, 5) is 23.9. The Labute approximate surface area is 146 Å². The molecule has 2 amide bonds. The number of morpholine rings is 1. The molecule has 1 aliphatic heterocycles. The fourth-order valence-electron chi connectivity index (χ4n) is 2.37. The van der Waals surface area contributed by atoms with Crippen LogP contribution in [0, 0.1) is 6.92 Å². The fraction of sp³-hybridized carbons (Fsp3) is 0.467. The molecule has 0 radical (unpaired) electrons. The number of nitrogens with zero attached hydrogens (tertiary/aromatic N) is 3. The number of carbonyl (C=O) groups excluding carboxylic acids is 1. The van der Waals surface area contributed by atoms with Gasteiger partial charge in [-0.05, 0) is 19.1 Å². The number of benzene rings is 1. The van der Waals surface area contributed by atoms with Gasteiger partial charge in [0.05, 0.1) is 24.7 Å². The van der Waals surface area contributed by atoms with Crippen LogP contribution >= 0.6 is 0 Å². The number of imide groups is 1. The number of ether oxygens (including phenoxy) is 1. The number of rotatable bonds is 5. The molecule has 0 unspecified atom stereocenters. The largest absolute Gasteiger partial charge is 0.464 e. The summed E-state index contributed by atoms with van der Waals surface area (Å²) >= 11 is 0. The van der Waals surface area contributed by atoms with Gasteiger partial charge >= 0.3 is 6.09 Å². The Kier molecular flexibility index (Phi) is 6.11. The summed E-state index contributed by atoms with van der Waals surface area (Å²) in [5.41, 5.74) is 0.905. The second kappa shape index (κ2) is 7.91. The van der Waals surface area contributed by atoms with Crippen LogP contribution in [0.5, 0.6) is 0 Å². The van der Waals surface area contributed by atoms with Crippen molar-refractivity contribution in [2.24, 2.45) is 0 Å². The van der Waals surface area contributed by atoms with Crippen molar-refractivity contribution in [2.45, 2.75) is 11.8 Å².